The van der Waals surface area contributed by atoms with Gasteiger partial charge in [0.1, 0.15) is 11.2 Å². The summed E-state index contributed by atoms with van der Waals surface area (Å²) in [6.45, 7) is 3.93. The smallest absolute Gasteiger partial charge is 0.262 e. The molecule has 0 aromatic carbocycles. The summed E-state index contributed by atoms with van der Waals surface area (Å²) in [5.41, 5.74) is 0.609. The van der Waals surface area contributed by atoms with Crippen LogP contribution in [0.25, 0.3) is 11.0 Å². The van der Waals surface area contributed by atoms with Crippen LogP contribution < -0.4 is 5.56 Å². The molecule has 0 radical (unpaired) electrons. The van der Waals surface area contributed by atoms with E-state index in [1.54, 1.807) is 13.1 Å². The van der Waals surface area contributed by atoms with Gasteiger partial charge >= 0.3 is 0 Å². The molecular formula is C11H14N4O. The quantitative estimate of drug-likeness (QED) is 0.828. The Morgan fingerprint density at radius 1 is 1.56 bits per heavy atom. The third-order valence-corrected chi connectivity index (χ3v) is 3.27. The highest BCUT2D eigenvalue weighted by Gasteiger charge is 2.30. The Bertz CT molecular complexity index is 594. The molecule has 1 aliphatic carbocycles. The van der Waals surface area contributed by atoms with Gasteiger partial charge in [0.15, 0.2) is 5.65 Å². The van der Waals surface area contributed by atoms with Crippen molar-refractivity contribution in [1.29, 1.82) is 0 Å². The minimum absolute atomic E-state index is 0.100. The number of fused-ring (bicyclic) bond motifs is 1. The highest BCUT2D eigenvalue weighted by Crippen LogP contribution is 2.39. The number of hydrogen-bond donors (Lipinski definition) is 1. The van der Waals surface area contributed by atoms with Crippen LogP contribution in [0.15, 0.2) is 11.0 Å². The van der Waals surface area contributed by atoms with E-state index in [2.05, 4.69) is 22.0 Å². The number of nitrogens with one attached hydrogen (secondary N) is 1. The summed E-state index contributed by atoms with van der Waals surface area (Å²) in [5.74, 6) is 1.34. The second-order valence-electron chi connectivity index (χ2n) is 4.56. The Morgan fingerprint density at radius 3 is 3.00 bits per heavy atom. The fourth-order valence-corrected chi connectivity index (χ4v) is 2.12. The maximum atomic E-state index is 11.7. The zero-order valence-electron chi connectivity index (χ0n) is 9.40. The third kappa shape index (κ3) is 1.35. The molecule has 0 aliphatic heterocycles. The molecule has 5 nitrogen and oxygen atoms in total. The number of aromatic nitrogens is 4. The zero-order chi connectivity index (χ0) is 11.3. The fraction of sp³-hybridized carbons (Fsp3) is 0.545. The van der Waals surface area contributed by atoms with E-state index in [4.69, 9.17) is 0 Å². The summed E-state index contributed by atoms with van der Waals surface area (Å²) in [5, 5.41) is 4.87. The summed E-state index contributed by atoms with van der Waals surface area (Å²) in [7, 11) is 0. The molecule has 0 spiro atoms. The van der Waals surface area contributed by atoms with Gasteiger partial charge in [-0.2, -0.15) is 5.10 Å². The first-order valence-electron chi connectivity index (χ1n) is 5.61. The number of rotatable bonds is 2. The standard InChI is InChI=1S/C11H14N4O/c1-6(8-3-4-8)15-10-9(5-12-15)11(16)14-7(2)13-10/h5-6,8H,3-4H2,1-2H3,(H,13,14,16). The molecule has 1 aliphatic rings. The normalized spacial score (nSPS) is 17.9. The van der Waals surface area contributed by atoms with Crippen molar-refractivity contribution in [3.8, 4) is 0 Å². The summed E-state index contributed by atoms with van der Waals surface area (Å²) in [6, 6.07) is 0.339. The number of aromatic amines is 1. The van der Waals surface area contributed by atoms with Crippen LogP contribution in [0.5, 0.6) is 0 Å². The fourth-order valence-electron chi connectivity index (χ4n) is 2.12. The number of aryl methyl sites for hydroxylation is 1. The Kier molecular flexibility index (Phi) is 1.89. The maximum Gasteiger partial charge on any atom is 0.262 e. The molecule has 0 bridgehead atoms. The van der Waals surface area contributed by atoms with Crippen molar-refractivity contribution < 1.29 is 0 Å². The van der Waals surface area contributed by atoms with Crippen molar-refractivity contribution in [3.63, 3.8) is 0 Å². The third-order valence-electron chi connectivity index (χ3n) is 3.27. The summed E-state index contributed by atoms with van der Waals surface area (Å²) < 4.78 is 1.88. The van der Waals surface area contributed by atoms with E-state index < -0.39 is 0 Å². The highest BCUT2D eigenvalue weighted by molar-refractivity contribution is 5.73. The van der Waals surface area contributed by atoms with E-state index in [1.807, 2.05) is 4.68 Å². The molecule has 0 amide bonds. The summed E-state index contributed by atoms with van der Waals surface area (Å²) in [4.78, 5) is 18.7. The van der Waals surface area contributed by atoms with Crippen LogP contribution in [0.1, 0.15) is 31.6 Å². The van der Waals surface area contributed by atoms with Crippen LogP contribution in [-0.4, -0.2) is 19.7 Å². The topological polar surface area (TPSA) is 63.6 Å². The summed E-state index contributed by atoms with van der Waals surface area (Å²) >= 11 is 0. The lowest BCUT2D eigenvalue weighted by molar-refractivity contribution is 0.450. The first-order chi connectivity index (χ1) is 7.66. The molecule has 2 aromatic heterocycles. The lowest BCUT2D eigenvalue weighted by Crippen LogP contribution is -2.13. The maximum absolute atomic E-state index is 11.7. The minimum atomic E-state index is -0.100. The van der Waals surface area contributed by atoms with Crippen LogP contribution in [0.4, 0.5) is 0 Å². The predicted octanol–water partition coefficient (Wildman–Crippen LogP) is 1.40. The van der Waals surface area contributed by atoms with Gasteiger partial charge in [-0.25, -0.2) is 9.67 Å². The van der Waals surface area contributed by atoms with E-state index in [0.29, 0.717) is 28.8 Å². The largest absolute Gasteiger partial charge is 0.310 e. The van der Waals surface area contributed by atoms with Gasteiger partial charge in [0.05, 0.1) is 12.2 Å². The van der Waals surface area contributed by atoms with Gasteiger partial charge in [-0.1, -0.05) is 0 Å². The van der Waals surface area contributed by atoms with Crippen molar-refractivity contribution in [2.24, 2.45) is 5.92 Å². The van der Waals surface area contributed by atoms with Crippen molar-refractivity contribution in [1.82, 2.24) is 19.7 Å². The average Bonchev–Trinajstić information content (AvgIpc) is 2.98. The molecule has 1 N–H and O–H groups in total. The van der Waals surface area contributed by atoms with Crippen LogP contribution >= 0.6 is 0 Å². The van der Waals surface area contributed by atoms with Gasteiger partial charge in [-0.15, -0.1) is 0 Å². The highest BCUT2D eigenvalue weighted by atomic mass is 16.1. The number of nitrogens with zero attached hydrogens (tertiary/aromatic N) is 3. The van der Waals surface area contributed by atoms with Gasteiger partial charge < -0.3 is 4.98 Å². The van der Waals surface area contributed by atoms with E-state index in [9.17, 15) is 4.79 Å². The lowest BCUT2D eigenvalue weighted by atomic mass is 10.2. The van der Waals surface area contributed by atoms with Crippen molar-refractivity contribution >= 4 is 11.0 Å². The second-order valence-corrected chi connectivity index (χ2v) is 4.56. The molecule has 3 rings (SSSR count). The molecule has 5 heteroatoms. The lowest BCUT2D eigenvalue weighted by Gasteiger charge is -2.11. The van der Waals surface area contributed by atoms with Gasteiger partial charge in [-0.05, 0) is 32.6 Å². The van der Waals surface area contributed by atoms with Crippen LogP contribution in [0.2, 0.25) is 0 Å². The summed E-state index contributed by atoms with van der Waals surface area (Å²) in [6.07, 6.45) is 4.12. The van der Waals surface area contributed by atoms with E-state index >= 15 is 0 Å². The van der Waals surface area contributed by atoms with Gasteiger partial charge in [0.25, 0.3) is 5.56 Å². The second kappa shape index (κ2) is 3.17. The molecule has 16 heavy (non-hydrogen) atoms. The first kappa shape index (κ1) is 9.57. The van der Waals surface area contributed by atoms with Crippen LogP contribution in [0.3, 0.4) is 0 Å². The molecule has 2 aromatic rings. The van der Waals surface area contributed by atoms with E-state index in [1.165, 1.54) is 12.8 Å². The van der Waals surface area contributed by atoms with Crippen LogP contribution in [0, 0.1) is 12.8 Å². The van der Waals surface area contributed by atoms with E-state index in [0.717, 1.165) is 0 Å². The van der Waals surface area contributed by atoms with Crippen LogP contribution in [-0.2, 0) is 0 Å². The van der Waals surface area contributed by atoms with Gasteiger partial charge in [-0.3, -0.25) is 4.79 Å². The Balaban J connectivity index is 2.22. The Hall–Kier alpha value is -1.65. The molecule has 1 atom stereocenters. The molecule has 0 saturated heterocycles. The number of H-pyrrole nitrogens is 1. The van der Waals surface area contributed by atoms with E-state index in [-0.39, 0.29) is 5.56 Å². The molecule has 84 valence electrons. The molecule has 1 saturated carbocycles. The Labute approximate surface area is 92.5 Å². The van der Waals surface area contributed by atoms with Crippen molar-refractivity contribution in [2.75, 3.05) is 0 Å². The number of hydrogen-bond acceptors (Lipinski definition) is 3. The minimum Gasteiger partial charge on any atom is -0.310 e. The van der Waals surface area contributed by atoms with Crippen molar-refractivity contribution in [3.05, 3.63) is 22.4 Å². The molecule has 1 fully saturated rings. The zero-order valence-corrected chi connectivity index (χ0v) is 9.40. The monoisotopic (exact) mass is 218 g/mol. The van der Waals surface area contributed by atoms with Gasteiger partial charge in [0, 0.05) is 0 Å². The first-order valence-corrected chi connectivity index (χ1v) is 5.61. The predicted molar refractivity (Wildman–Crippen MR) is 60.3 cm³/mol. The van der Waals surface area contributed by atoms with Gasteiger partial charge in [0.2, 0.25) is 0 Å². The average molecular weight is 218 g/mol. The molecular weight excluding hydrogens is 204 g/mol. The van der Waals surface area contributed by atoms with Crippen molar-refractivity contribution in [2.45, 2.75) is 32.7 Å². The SMILES string of the molecule is Cc1nc2c(cnn2C(C)C2CC2)c(=O)[nH]1. The Morgan fingerprint density at radius 2 is 2.31 bits per heavy atom. The molecule has 1 unspecified atom stereocenters. The molecule has 2 heterocycles.